The van der Waals surface area contributed by atoms with Crippen LogP contribution >= 0.6 is 15.9 Å². The van der Waals surface area contributed by atoms with E-state index in [2.05, 4.69) is 31.7 Å². The van der Waals surface area contributed by atoms with Gasteiger partial charge in [-0.3, -0.25) is 4.98 Å². The third-order valence-electron chi connectivity index (χ3n) is 4.41. The minimum atomic E-state index is -1.08. The Bertz CT molecular complexity index is 532. The summed E-state index contributed by atoms with van der Waals surface area (Å²) in [5.41, 5.74) is 0.868. The molecule has 1 unspecified atom stereocenters. The molecule has 3 nitrogen and oxygen atoms in total. The van der Waals surface area contributed by atoms with Crippen molar-refractivity contribution in [2.24, 2.45) is 11.8 Å². The molecule has 0 aliphatic heterocycles. The van der Waals surface area contributed by atoms with Gasteiger partial charge in [0.15, 0.2) is 0 Å². The van der Waals surface area contributed by atoms with Gasteiger partial charge in [0.25, 0.3) is 0 Å². The molecule has 1 N–H and O–H groups in total. The van der Waals surface area contributed by atoms with Crippen molar-refractivity contribution >= 4 is 26.9 Å². The molecule has 3 rings (SSSR count). The molecule has 0 saturated heterocycles. The van der Waals surface area contributed by atoms with Gasteiger partial charge in [0, 0.05) is 10.7 Å². The summed E-state index contributed by atoms with van der Waals surface area (Å²) in [4.78, 5) is 4.66. The number of rotatable bonds is 5. The average molecular weight is 371 g/mol. The highest BCUT2D eigenvalue weighted by atomic mass is 79.9. The van der Waals surface area contributed by atoms with Gasteiger partial charge in [0.1, 0.15) is 0 Å². The number of nitrogens with zero attached hydrogens (tertiary/aromatic N) is 1. The molecule has 0 amide bonds. The Kier molecular flexibility index (Phi) is 4.04. The summed E-state index contributed by atoms with van der Waals surface area (Å²) in [6.07, 6.45) is 6.70. The molecule has 1 aromatic heterocycles. The van der Waals surface area contributed by atoms with Crippen LogP contribution in [0.3, 0.4) is 0 Å². The fourth-order valence-corrected chi connectivity index (χ4v) is 4.26. The Balaban J connectivity index is 1.98. The normalized spacial score (nSPS) is 21.3. The van der Waals surface area contributed by atoms with E-state index in [1.54, 1.807) is 0 Å². The number of halogens is 1. The molecule has 2 fully saturated rings. The standard InChI is InChI=1S/C16H23BrN2OS/c1-15(2,3)21(20)19-16(11-4-5-11,12-6-7-12)14-9-8-13(17)10-18-14/h8-12,19H,4-7H2,1-3H3. The molecule has 1 heterocycles. The molecule has 5 heteroatoms. The number of hydrogen-bond acceptors (Lipinski definition) is 2. The van der Waals surface area contributed by atoms with E-state index in [4.69, 9.17) is 0 Å². The second-order valence-electron chi connectivity index (χ2n) is 7.26. The average Bonchev–Trinajstić information content (AvgIpc) is 3.28. The second-order valence-corrected chi connectivity index (χ2v) is 10.1. The van der Waals surface area contributed by atoms with E-state index in [0.717, 1.165) is 10.2 Å². The summed E-state index contributed by atoms with van der Waals surface area (Å²) in [6.45, 7) is 6.07. The van der Waals surface area contributed by atoms with Gasteiger partial charge in [0.2, 0.25) is 0 Å². The Hall–Kier alpha value is -0.260. The Morgan fingerprint density at radius 2 is 1.76 bits per heavy atom. The fourth-order valence-electron chi connectivity index (χ4n) is 2.97. The lowest BCUT2D eigenvalue weighted by atomic mass is 9.85. The number of hydrogen-bond donors (Lipinski definition) is 1. The van der Waals surface area contributed by atoms with E-state index in [1.165, 1.54) is 25.7 Å². The maximum Gasteiger partial charge on any atom is 0.0979 e. The van der Waals surface area contributed by atoms with E-state index >= 15 is 0 Å². The largest absolute Gasteiger partial charge is 0.258 e. The van der Waals surface area contributed by atoms with Crippen LogP contribution in [0.25, 0.3) is 0 Å². The summed E-state index contributed by atoms with van der Waals surface area (Å²) in [5.74, 6) is 1.15. The number of pyridine rings is 1. The van der Waals surface area contributed by atoms with Crippen LogP contribution in [0.15, 0.2) is 22.8 Å². The zero-order chi connectivity index (χ0) is 15.3. The Morgan fingerprint density at radius 3 is 2.14 bits per heavy atom. The highest BCUT2D eigenvalue weighted by Gasteiger charge is 2.57. The molecule has 21 heavy (non-hydrogen) atoms. The van der Waals surface area contributed by atoms with Crippen LogP contribution in [0.5, 0.6) is 0 Å². The molecule has 0 radical (unpaired) electrons. The van der Waals surface area contributed by atoms with Gasteiger partial charge in [-0.15, -0.1) is 0 Å². The van der Waals surface area contributed by atoms with Crippen molar-refractivity contribution in [1.82, 2.24) is 9.71 Å². The highest BCUT2D eigenvalue weighted by molar-refractivity contribution is 9.10. The number of nitrogens with one attached hydrogen (secondary N) is 1. The van der Waals surface area contributed by atoms with Gasteiger partial charge < -0.3 is 0 Å². The van der Waals surface area contributed by atoms with E-state index in [9.17, 15) is 4.21 Å². The van der Waals surface area contributed by atoms with Gasteiger partial charge in [0.05, 0.1) is 27.0 Å². The van der Waals surface area contributed by atoms with Crippen LogP contribution in [0.1, 0.15) is 52.1 Å². The van der Waals surface area contributed by atoms with Gasteiger partial charge in [-0.25, -0.2) is 8.93 Å². The van der Waals surface area contributed by atoms with Crippen LogP contribution in [0.4, 0.5) is 0 Å². The molecule has 2 aliphatic rings. The molecular formula is C16H23BrN2OS. The third kappa shape index (κ3) is 3.10. The first-order valence-corrected chi connectivity index (χ1v) is 9.60. The second kappa shape index (κ2) is 5.43. The smallest absolute Gasteiger partial charge is 0.0979 e. The molecule has 0 aromatic carbocycles. The highest BCUT2D eigenvalue weighted by Crippen LogP contribution is 2.57. The first-order chi connectivity index (χ1) is 9.84. The van der Waals surface area contributed by atoms with E-state index < -0.39 is 11.0 Å². The molecule has 2 aliphatic carbocycles. The summed E-state index contributed by atoms with van der Waals surface area (Å²) in [5, 5.41) is 0. The van der Waals surface area contributed by atoms with Crippen molar-refractivity contribution in [2.45, 2.75) is 56.7 Å². The van der Waals surface area contributed by atoms with Crippen LogP contribution in [-0.4, -0.2) is 13.9 Å². The molecule has 0 spiro atoms. The SMILES string of the molecule is CC(C)(C)S(=O)NC(c1ccc(Br)cn1)(C1CC1)C1CC1. The predicted molar refractivity (Wildman–Crippen MR) is 90.1 cm³/mol. The van der Waals surface area contributed by atoms with Crippen molar-refractivity contribution in [3.05, 3.63) is 28.5 Å². The quantitative estimate of drug-likeness (QED) is 0.853. The summed E-state index contributed by atoms with van der Waals surface area (Å²) >= 11 is 3.46. The van der Waals surface area contributed by atoms with E-state index in [1.807, 2.05) is 33.0 Å². The summed E-state index contributed by atoms with van der Waals surface area (Å²) < 4.78 is 17.0. The van der Waals surface area contributed by atoms with E-state index in [-0.39, 0.29) is 10.3 Å². The minimum Gasteiger partial charge on any atom is -0.258 e. The summed E-state index contributed by atoms with van der Waals surface area (Å²) in [6, 6.07) is 4.14. The molecule has 2 saturated carbocycles. The Labute approximate surface area is 138 Å². The topological polar surface area (TPSA) is 42.0 Å². The van der Waals surface area contributed by atoms with Crippen molar-refractivity contribution < 1.29 is 4.21 Å². The van der Waals surface area contributed by atoms with Crippen LogP contribution in [0.2, 0.25) is 0 Å². The van der Waals surface area contributed by atoms with Gasteiger partial charge in [-0.05, 0) is 86.4 Å². The first-order valence-electron chi connectivity index (χ1n) is 7.66. The molecular weight excluding hydrogens is 348 g/mol. The lowest BCUT2D eigenvalue weighted by molar-refractivity contribution is 0.288. The zero-order valence-electron chi connectivity index (χ0n) is 12.9. The number of aromatic nitrogens is 1. The third-order valence-corrected chi connectivity index (χ3v) is 6.52. The van der Waals surface area contributed by atoms with Crippen molar-refractivity contribution in [2.75, 3.05) is 0 Å². The van der Waals surface area contributed by atoms with Crippen molar-refractivity contribution in [3.8, 4) is 0 Å². The lowest BCUT2D eigenvalue weighted by Gasteiger charge is -2.37. The first kappa shape index (κ1) is 15.6. The van der Waals surface area contributed by atoms with Crippen LogP contribution in [0, 0.1) is 11.8 Å². The van der Waals surface area contributed by atoms with Gasteiger partial charge >= 0.3 is 0 Å². The molecule has 116 valence electrons. The van der Waals surface area contributed by atoms with Crippen LogP contribution in [-0.2, 0) is 16.5 Å². The van der Waals surface area contributed by atoms with Gasteiger partial charge in [-0.1, -0.05) is 0 Å². The van der Waals surface area contributed by atoms with Crippen LogP contribution < -0.4 is 4.72 Å². The summed E-state index contributed by atoms with van der Waals surface area (Å²) in [7, 11) is -1.08. The van der Waals surface area contributed by atoms with Crippen molar-refractivity contribution in [3.63, 3.8) is 0 Å². The zero-order valence-corrected chi connectivity index (χ0v) is 15.3. The van der Waals surface area contributed by atoms with E-state index in [0.29, 0.717) is 11.8 Å². The monoisotopic (exact) mass is 370 g/mol. The molecule has 1 atom stereocenters. The molecule has 0 bridgehead atoms. The maximum absolute atomic E-state index is 12.7. The molecule has 1 aromatic rings. The maximum atomic E-state index is 12.7. The fraction of sp³-hybridized carbons (Fsp3) is 0.688. The predicted octanol–water partition coefficient (Wildman–Crippen LogP) is 3.91. The van der Waals surface area contributed by atoms with Gasteiger partial charge in [-0.2, -0.15) is 0 Å². The lowest BCUT2D eigenvalue weighted by Crippen LogP contribution is -2.51. The Morgan fingerprint density at radius 1 is 1.19 bits per heavy atom. The van der Waals surface area contributed by atoms with Crippen molar-refractivity contribution in [1.29, 1.82) is 0 Å². The minimum absolute atomic E-state index is 0.196.